The summed E-state index contributed by atoms with van der Waals surface area (Å²) in [4.78, 5) is 36.6. The Morgan fingerprint density at radius 3 is 2.44 bits per heavy atom. The lowest BCUT2D eigenvalue weighted by Crippen LogP contribution is -2.36. The first-order valence-corrected chi connectivity index (χ1v) is 15.0. The number of ether oxygens (including phenoxy) is 2. The smallest absolute Gasteiger partial charge is 0.497 e. The lowest BCUT2D eigenvalue weighted by atomic mass is 9.98. The van der Waals surface area contributed by atoms with Gasteiger partial charge in [0.1, 0.15) is 11.4 Å². The minimum Gasteiger partial charge on any atom is -0.497 e. The van der Waals surface area contributed by atoms with Crippen LogP contribution in [0, 0.1) is 0 Å². The summed E-state index contributed by atoms with van der Waals surface area (Å²) >= 11 is 12.9. The highest BCUT2D eigenvalue weighted by molar-refractivity contribution is 6.35. The van der Waals surface area contributed by atoms with Gasteiger partial charge in [-0.05, 0) is 87.4 Å². The third kappa shape index (κ3) is 7.65. The Morgan fingerprint density at radius 2 is 1.80 bits per heavy atom. The summed E-state index contributed by atoms with van der Waals surface area (Å²) in [5.74, 6) is 0.270. The quantitative estimate of drug-likeness (QED) is 0.208. The molecular weight excluding hydrogens is 617 g/mol. The molecule has 5 rings (SSSR count). The number of pyridine rings is 1. The Morgan fingerprint density at radius 1 is 1.04 bits per heavy atom. The van der Waals surface area contributed by atoms with Crippen molar-refractivity contribution in [2.24, 2.45) is 0 Å². The molecule has 0 unspecified atom stereocenters. The first-order valence-electron chi connectivity index (χ1n) is 14.2. The lowest BCUT2D eigenvalue weighted by molar-refractivity contribution is -0.142. The van der Waals surface area contributed by atoms with Gasteiger partial charge in [-0.25, -0.2) is 9.48 Å². The Kier molecular flexibility index (Phi) is 9.48. The topological polar surface area (TPSA) is 108 Å². The number of nitrogens with zero attached hydrogens (tertiary/aromatic N) is 4. The van der Waals surface area contributed by atoms with Crippen LogP contribution in [0.15, 0.2) is 66.9 Å². The highest BCUT2D eigenvalue weighted by atomic mass is 35.5. The van der Waals surface area contributed by atoms with Crippen molar-refractivity contribution in [3.05, 3.63) is 105 Å². The van der Waals surface area contributed by atoms with Crippen LogP contribution in [0.25, 0.3) is 17.3 Å². The number of hydrogen-bond donors (Lipinski definition) is 1. The second-order valence-electron chi connectivity index (χ2n) is 11.4. The van der Waals surface area contributed by atoms with E-state index in [1.54, 1.807) is 57.0 Å². The molecule has 0 spiro atoms. The fraction of sp³-hybridized carbons (Fsp3) is 0.273. The van der Waals surface area contributed by atoms with Gasteiger partial charge in [0.2, 0.25) is 0 Å². The van der Waals surface area contributed by atoms with Crippen molar-refractivity contribution in [1.82, 2.24) is 25.1 Å². The molecule has 1 N–H and O–H groups in total. The fourth-order valence-electron chi connectivity index (χ4n) is 4.86. The molecular formula is C33H33Cl2N5O5. The van der Waals surface area contributed by atoms with Gasteiger partial charge in [-0.1, -0.05) is 41.4 Å². The molecule has 0 aliphatic carbocycles. The summed E-state index contributed by atoms with van der Waals surface area (Å²) in [5, 5.41) is 10.0. The SMILES string of the molecule is COc1ccc(/C=C2\CN(OC(=O)OC(C)(C)C)Cc3c(C(=O)N[C@H](C)c4ccccn4)nn(-c4ccc(Cl)cc4Cl)c32)cc1. The van der Waals surface area contributed by atoms with E-state index in [2.05, 4.69) is 10.3 Å². The molecule has 1 atom stereocenters. The highest BCUT2D eigenvalue weighted by Gasteiger charge is 2.35. The van der Waals surface area contributed by atoms with Crippen molar-refractivity contribution < 1.29 is 23.9 Å². The maximum Gasteiger partial charge on any atom is 0.528 e. The van der Waals surface area contributed by atoms with Crippen molar-refractivity contribution in [3.63, 3.8) is 0 Å². The van der Waals surface area contributed by atoms with Crippen LogP contribution in [-0.2, 0) is 16.1 Å². The Bertz CT molecular complexity index is 1730. The van der Waals surface area contributed by atoms with Crippen molar-refractivity contribution >= 4 is 46.9 Å². The van der Waals surface area contributed by atoms with Gasteiger partial charge < -0.3 is 19.6 Å². The molecule has 0 fully saturated rings. The van der Waals surface area contributed by atoms with Crippen molar-refractivity contribution in [2.45, 2.75) is 45.9 Å². The zero-order valence-corrected chi connectivity index (χ0v) is 27.0. The lowest BCUT2D eigenvalue weighted by Gasteiger charge is -2.29. The van der Waals surface area contributed by atoms with E-state index in [1.807, 2.05) is 55.5 Å². The molecule has 1 aliphatic rings. The predicted molar refractivity (Wildman–Crippen MR) is 172 cm³/mol. The fourth-order valence-corrected chi connectivity index (χ4v) is 5.35. The number of nitrogens with one attached hydrogen (secondary N) is 1. The molecule has 2 aromatic carbocycles. The zero-order chi connectivity index (χ0) is 32.3. The molecule has 0 radical (unpaired) electrons. The summed E-state index contributed by atoms with van der Waals surface area (Å²) in [5.41, 5.74) is 3.31. The first-order chi connectivity index (χ1) is 21.4. The molecule has 12 heteroatoms. The normalized spacial score (nSPS) is 14.9. The van der Waals surface area contributed by atoms with Gasteiger partial charge in [0.15, 0.2) is 5.69 Å². The van der Waals surface area contributed by atoms with Crippen molar-refractivity contribution in [2.75, 3.05) is 13.7 Å². The summed E-state index contributed by atoms with van der Waals surface area (Å²) in [6, 6.07) is 17.6. The number of carbonyl (C=O) groups is 2. The third-order valence-corrected chi connectivity index (χ3v) is 7.39. The average molecular weight is 651 g/mol. The molecule has 45 heavy (non-hydrogen) atoms. The van der Waals surface area contributed by atoms with E-state index >= 15 is 0 Å². The summed E-state index contributed by atoms with van der Waals surface area (Å²) in [6.45, 7) is 7.32. The molecule has 2 aromatic heterocycles. The van der Waals surface area contributed by atoms with Crippen molar-refractivity contribution in [1.29, 1.82) is 0 Å². The molecule has 0 saturated carbocycles. The largest absolute Gasteiger partial charge is 0.528 e. The van der Waals surface area contributed by atoms with Crippen LogP contribution in [0.4, 0.5) is 4.79 Å². The first kappa shape index (κ1) is 32.0. The van der Waals surface area contributed by atoms with Crippen LogP contribution in [-0.4, -0.2) is 51.1 Å². The zero-order valence-electron chi connectivity index (χ0n) is 25.5. The van der Waals surface area contributed by atoms with Gasteiger partial charge in [-0.15, -0.1) is 5.06 Å². The van der Waals surface area contributed by atoms with Crippen LogP contribution in [0.1, 0.15) is 66.7 Å². The average Bonchev–Trinajstić information content (AvgIpc) is 3.36. The van der Waals surface area contributed by atoms with E-state index in [9.17, 15) is 9.59 Å². The van der Waals surface area contributed by atoms with Crippen LogP contribution >= 0.6 is 23.2 Å². The number of amides is 1. The number of benzene rings is 2. The maximum absolute atomic E-state index is 13.9. The maximum atomic E-state index is 13.9. The number of aromatic nitrogens is 3. The minimum absolute atomic E-state index is 0.0560. The van der Waals surface area contributed by atoms with E-state index < -0.39 is 23.7 Å². The Labute approximate surface area is 271 Å². The Balaban J connectivity index is 1.64. The van der Waals surface area contributed by atoms with Crippen LogP contribution in [0.3, 0.4) is 0 Å². The van der Waals surface area contributed by atoms with Gasteiger partial charge in [0.05, 0.1) is 48.3 Å². The summed E-state index contributed by atoms with van der Waals surface area (Å²) in [7, 11) is 1.60. The number of fused-ring (bicyclic) bond motifs is 1. The van der Waals surface area contributed by atoms with E-state index in [-0.39, 0.29) is 18.8 Å². The number of hydroxylamine groups is 2. The monoisotopic (exact) mass is 649 g/mol. The van der Waals surface area contributed by atoms with Crippen molar-refractivity contribution in [3.8, 4) is 11.4 Å². The van der Waals surface area contributed by atoms with Gasteiger partial charge >= 0.3 is 6.16 Å². The molecule has 0 bridgehead atoms. The summed E-state index contributed by atoms with van der Waals surface area (Å²) < 4.78 is 12.4. The summed E-state index contributed by atoms with van der Waals surface area (Å²) in [6.07, 6.45) is 2.74. The van der Waals surface area contributed by atoms with Gasteiger partial charge in [-0.3, -0.25) is 9.78 Å². The molecule has 10 nitrogen and oxygen atoms in total. The number of rotatable bonds is 7. The van der Waals surface area contributed by atoms with Crippen LogP contribution in [0.5, 0.6) is 5.75 Å². The van der Waals surface area contributed by atoms with Crippen LogP contribution < -0.4 is 10.1 Å². The molecule has 234 valence electrons. The van der Waals surface area contributed by atoms with E-state index in [0.717, 1.165) is 5.56 Å². The number of methoxy groups -OCH3 is 1. The number of hydrogen-bond acceptors (Lipinski definition) is 8. The van der Waals surface area contributed by atoms with E-state index in [0.29, 0.717) is 44.0 Å². The van der Waals surface area contributed by atoms with Gasteiger partial charge in [-0.2, -0.15) is 5.10 Å². The molecule has 1 amide bonds. The standard InChI is InChI=1S/C33H33Cl2N5O5/c1-20(27-8-6-7-15-36-27)37-31(41)29-25-19-39(45-32(42)44-33(2,3)4)18-22(16-21-9-12-24(43-5)13-10-21)30(25)40(38-29)28-14-11-23(34)17-26(28)35/h6-17,20H,18-19H2,1-5H3,(H,37,41)/b22-16+/t20-/m1/s1. The second-order valence-corrected chi connectivity index (χ2v) is 12.3. The second kappa shape index (κ2) is 13.3. The predicted octanol–water partition coefficient (Wildman–Crippen LogP) is 7.30. The van der Waals surface area contributed by atoms with E-state index in [4.69, 9.17) is 42.6 Å². The Hall–Kier alpha value is -4.38. The molecule has 1 aliphatic heterocycles. The molecule has 3 heterocycles. The highest BCUT2D eigenvalue weighted by Crippen LogP contribution is 2.36. The number of halogens is 2. The minimum atomic E-state index is -0.863. The van der Waals surface area contributed by atoms with Gasteiger partial charge in [0, 0.05) is 16.8 Å². The van der Waals surface area contributed by atoms with Gasteiger partial charge in [0.25, 0.3) is 5.91 Å². The van der Waals surface area contributed by atoms with E-state index in [1.165, 1.54) is 5.06 Å². The van der Waals surface area contributed by atoms with Crippen LogP contribution in [0.2, 0.25) is 10.0 Å². The molecule has 4 aromatic rings. The molecule has 0 saturated heterocycles. The number of carbonyl (C=O) groups excluding carboxylic acids is 2. The third-order valence-electron chi connectivity index (χ3n) is 6.85.